The zero-order valence-corrected chi connectivity index (χ0v) is 16.4. The minimum atomic E-state index is -1.83. The van der Waals surface area contributed by atoms with Crippen LogP contribution in [0.2, 0.25) is 0 Å². The lowest BCUT2D eigenvalue weighted by atomic mass is 9.71. The molecule has 2 rings (SSSR count). The number of ketones is 1. The van der Waals surface area contributed by atoms with Crippen molar-refractivity contribution < 1.29 is 24.5 Å². The topological polar surface area (TPSA) is 83.8 Å². The lowest BCUT2D eigenvalue weighted by Gasteiger charge is -2.36. The highest BCUT2D eigenvalue weighted by molar-refractivity contribution is 5.81. The van der Waals surface area contributed by atoms with Crippen LogP contribution in [0.25, 0.3) is 0 Å². The van der Waals surface area contributed by atoms with E-state index in [0.29, 0.717) is 24.7 Å². The molecule has 1 aromatic carbocycles. The zero-order chi connectivity index (χ0) is 19.7. The molecule has 26 heavy (non-hydrogen) atoms. The molecule has 5 nitrogen and oxygen atoms in total. The Hall–Kier alpha value is -1.88. The number of ether oxygens (including phenoxy) is 1. The number of carboxylic acid groups (broad SMARTS) is 2. The first kappa shape index (κ1) is 22.2. The number of hydrogen-bond donors (Lipinski definition) is 2. The van der Waals surface area contributed by atoms with Crippen molar-refractivity contribution in [3.63, 3.8) is 0 Å². The molecule has 0 saturated heterocycles. The number of carbonyl (C=O) groups excluding carboxylic acids is 1. The van der Waals surface area contributed by atoms with Gasteiger partial charge in [0, 0.05) is 19.4 Å². The van der Waals surface area contributed by atoms with E-state index >= 15 is 0 Å². The number of aryl methyl sites for hydroxylation is 2. The summed E-state index contributed by atoms with van der Waals surface area (Å²) in [7, 11) is 0. The highest BCUT2D eigenvalue weighted by atomic mass is 16.6. The van der Waals surface area contributed by atoms with Gasteiger partial charge in [-0.15, -0.1) is 0 Å². The number of carbonyl (C=O) groups is 2. The van der Waals surface area contributed by atoms with E-state index in [-0.39, 0.29) is 5.41 Å². The smallest absolute Gasteiger partial charge is 0.450 e. The van der Waals surface area contributed by atoms with Crippen LogP contribution in [-0.2, 0) is 16.0 Å². The standard InChI is InChI=1S/C20H30O2.CH2O3/c1-5-22-19-8-10-20(4,11-9-19)14-18(21)13-17-7-6-15(2)12-16(17)3;2-1(3)4/h6-7,12,19H,5,8-11,13-14H2,1-4H3;(H2,2,3,4). The Bertz CT molecular complexity index is 596. The third kappa shape index (κ3) is 8.00. The van der Waals surface area contributed by atoms with Crippen LogP contribution in [0.15, 0.2) is 18.2 Å². The van der Waals surface area contributed by atoms with Gasteiger partial charge in [-0.05, 0) is 63.0 Å². The Morgan fingerprint density at radius 2 is 1.77 bits per heavy atom. The summed E-state index contributed by atoms with van der Waals surface area (Å²) in [4.78, 5) is 21.1. The van der Waals surface area contributed by atoms with Gasteiger partial charge in [0.2, 0.25) is 0 Å². The predicted octanol–water partition coefficient (Wildman–Crippen LogP) is 5.01. The molecular formula is C21H32O5. The van der Waals surface area contributed by atoms with Gasteiger partial charge in [-0.2, -0.15) is 0 Å². The molecule has 5 heteroatoms. The van der Waals surface area contributed by atoms with Gasteiger partial charge in [0.05, 0.1) is 6.10 Å². The zero-order valence-electron chi connectivity index (χ0n) is 16.4. The summed E-state index contributed by atoms with van der Waals surface area (Å²) in [5.74, 6) is 0.379. The molecule has 0 unspecified atom stereocenters. The van der Waals surface area contributed by atoms with Crippen LogP contribution in [0.5, 0.6) is 0 Å². The fourth-order valence-corrected chi connectivity index (χ4v) is 3.66. The fourth-order valence-electron chi connectivity index (χ4n) is 3.66. The summed E-state index contributed by atoms with van der Waals surface area (Å²) < 4.78 is 5.72. The van der Waals surface area contributed by atoms with Gasteiger partial charge < -0.3 is 14.9 Å². The van der Waals surface area contributed by atoms with Gasteiger partial charge in [0.15, 0.2) is 0 Å². The van der Waals surface area contributed by atoms with E-state index in [1.54, 1.807) is 0 Å². The minimum absolute atomic E-state index is 0.170. The Labute approximate surface area is 156 Å². The monoisotopic (exact) mass is 364 g/mol. The van der Waals surface area contributed by atoms with Gasteiger partial charge in [-0.25, -0.2) is 4.79 Å². The molecule has 0 radical (unpaired) electrons. The van der Waals surface area contributed by atoms with Crippen LogP contribution in [0.4, 0.5) is 4.79 Å². The Morgan fingerprint density at radius 1 is 1.19 bits per heavy atom. The molecule has 0 bridgehead atoms. The summed E-state index contributed by atoms with van der Waals surface area (Å²) in [6.07, 6.45) is 4.28. The third-order valence-electron chi connectivity index (χ3n) is 5.05. The van der Waals surface area contributed by atoms with E-state index in [9.17, 15) is 4.79 Å². The van der Waals surface area contributed by atoms with Crippen LogP contribution >= 0.6 is 0 Å². The van der Waals surface area contributed by atoms with E-state index < -0.39 is 6.16 Å². The van der Waals surface area contributed by atoms with Gasteiger partial charge in [0.1, 0.15) is 5.78 Å². The highest BCUT2D eigenvalue weighted by Crippen LogP contribution is 2.40. The minimum Gasteiger partial charge on any atom is -0.450 e. The molecule has 0 atom stereocenters. The molecule has 2 N–H and O–H groups in total. The second-order valence-corrected chi connectivity index (χ2v) is 7.57. The average molecular weight is 364 g/mol. The molecule has 146 valence electrons. The van der Waals surface area contributed by atoms with Gasteiger partial charge in [-0.3, -0.25) is 4.79 Å². The number of benzene rings is 1. The van der Waals surface area contributed by atoms with Crippen molar-refractivity contribution in [1.29, 1.82) is 0 Å². The number of rotatable bonds is 6. The third-order valence-corrected chi connectivity index (χ3v) is 5.05. The van der Waals surface area contributed by atoms with Crippen molar-refractivity contribution in [2.45, 2.75) is 72.3 Å². The first-order valence-electron chi connectivity index (χ1n) is 9.26. The maximum Gasteiger partial charge on any atom is 0.503 e. The van der Waals surface area contributed by atoms with Gasteiger partial charge >= 0.3 is 6.16 Å². The normalized spacial score (nSPS) is 22.2. The Kier molecular flexibility index (Phi) is 8.79. The van der Waals surface area contributed by atoms with Crippen molar-refractivity contribution in [3.8, 4) is 0 Å². The van der Waals surface area contributed by atoms with E-state index in [1.807, 2.05) is 0 Å². The molecule has 1 aromatic rings. The predicted molar refractivity (Wildman–Crippen MR) is 102 cm³/mol. The van der Waals surface area contributed by atoms with Crippen molar-refractivity contribution in [1.82, 2.24) is 0 Å². The van der Waals surface area contributed by atoms with E-state index in [2.05, 4.69) is 45.9 Å². The summed E-state index contributed by atoms with van der Waals surface area (Å²) in [6, 6.07) is 6.37. The second-order valence-electron chi connectivity index (χ2n) is 7.57. The van der Waals surface area contributed by atoms with E-state index in [0.717, 1.165) is 32.3 Å². The fraction of sp³-hybridized carbons (Fsp3) is 0.619. The molecule has 0 aliphatic heterocycles. The van der Waals surface area contributed by atoms with Gasteiger partial charge in [-0.1, -0.05) is 30.7 Å². The molecule has 1 aliphatic rings. The second kappa shape index (κ2) is 10.3. The molecule has 1 saturated carbocycles. The molecule has 0 spiro atoms. The molecule has 0 aromatic heterocycles. The lowest BCUT2D eigenvalue weighted by Crippen LogP contribution is -2.31. The molecule has 0 heterocycles. The maximum atomic E-state index is 12.5. The first-order valence-corrected chi connectivity index (χ1v) is 9.26. The number of Topliss-reactive ketones (excluding diaryl/α,β-unsaturated/α-hetero) is 1. The molecule has 1 aliphatic carbocycles. The number of hydrogen-bond acceptors (Lipinski definition) is 3. The van der Waals surface area contributed by atoms with Gasteiger partial charge in [0.25, 0.3) is 0 Å². The largest absolute Gasteiger partial charge is 0.503 e. The van der Waals surface area contributed by atoms with Crippen LogP contribution < -0.4 is 0 Å². The van der Waals surface area contributed by atoms with E-state index in [1.165, 1.54) is 16.7 Å². The average Bonchev–Trinajstić information content (AvgIpc) is 2.52. The van der Waals surface area contributed by atoms with E-state index in [4.69, 9.17) is 19.7 Å². The highest BCUT2D eigenvalue weighted by Gasteiger charge is 2.33. The SMILES string of the molecule is CCOC1CCC(C)(CC(=O)Cc2ccc(C)cc2C)CC1.O=C(O)O. The van der Waals surface area contributed by atoms with Crippen molar-refractivity contribution in [3.05, 3.63) is 34.9 Å². The Morgan fingerprint density at radius 3 is 2.27 bits per heavy atom. The Balaban J connectivity index is 0.000000765. The summed E-state index contributed by atoms with van der Waals surface area (Å²) in [6.45, 7) is 9.32. The summed E-state index contributed by atoms with van der Waals surface area (Å²) in [5, 5.41) is 13.9. The van der Waals surface area contributed by atoms with Crippen LogP contribution in [0, 0.1) is 19.3 Å². The van der Waals surface area contributed by atoms with Crippen LogP contribution in [0.1, 0.15) is 62.6 Å². The molecule has 0 amide bonds. The molecule has 1 fully saturated rings. The summed E-state index contributed by atoms with van der Waals surface area (Å²) >= 11 is 0. The van der Waals surface area contributed by atoms with Crippen LogP contribution in [0.3, 0.4) is 0 Å². The quantitative estimate of drug-likeness (QED) is 0.741. The van der Waals surface area contributed by atoms with Crippen LogP contribution in [-0.4, -0.2) is 34.9 Å². The summed E-state index contributed by atoms with van der Waals surface area (Å²) in [5.41, 5.74) is 3.85. The maximum absolute atomic E-state index is 12.5. The van der Waals surface area contributed by atoms with Crippen molar-refractivity contribution >= 4 is 11.9 Å². The van der Waals surface area contributed by atoms with Crippen molar-refractivity contribution in [2.24, 2.45) is 5.41 Å². The lowest BCUT2D eigenvalue weighted by molar-refractivity contribution is -0.121. The van der Waals surface area contributed by atoms with Crippen molar-refractivity contribution in [2.75, 3.05) is 6.61 Å². The first-order chi connectivity index (χ1) is 12.1. The molecular weight excluding hydrogens is 332 g/mol.